The van der Waals surface area contributed by atoms with E-state index in [1.54, 1.807) is 0 Å². The summed E-state index contributed by atoms with van der Waals surface area (Å²) >= 11 is 0. The second kappa shape index (κ2) is 3.68. The van der Waals surface area contributed by atoms with Crippen LogP contribution < -0.4 is 5.73 Å². The van der Waals surface area contributed by atoms with Crippen LogP contribution in [0, 0.1) is 11.6 Å². The lowest BCUT2D eigenvalue weighted by molar-refractivity contribution is 0.264. The summed E-state index contributed by atoms with van der Waals surface area (Å²) in [6.45, 7) is -0.446. The van der Waals surface area contributed by atoms with E-state index in [-0.39, 0.29) is 5.56 Å². The number of aliphatic hydroxyl groups excluding tert-OH is 1. The van der Waals surface area contributed by atoms with Crippen LogP contribution in [0.15, 0.2) is 12.1 Å². The fraction of sp³-hybridized carbons (Fsp3) is 0.250. The Balaban J connectivity index is 3.18. The number of phenols is 1. The lowest BCUT2D eigenvalue weighted by Gasteiger charge is -2.10. The van der Waals surface area contributed by atoms with Gasteiger partial charge < -0.3 is 15.9 Å². The van der Waals surface area contributed by atoms with Crippen molar-refractivity contribution in [3.05, 3.63) is 29.3 Å². The van der Waals surface area contributed by atoms with Gasteiger partial charge >= 0.3 is 0 Å². The van der Waals surface area contributed by atoms with Crippen LogP contribution in [0.1, 0.15) is 11.6 Å². The third kappa shape index (κ3) is 1.76. The maximum Gasteiger partial charge on any atom is 0.200 e. The van der Waals surface area contributed by atoms with Gasteiger partial charge in [0, 0.05) is 5.56 Å². The maximum atomic E-state index is 12.7. The normalized spacial score (nSPS) is 12.9. The number of aromatic hydroxyl groups is 1. The van der Waals surface area contributed by atoms with Gasteiger partial charge in [-0.1, -0.05) is 6.07 Å². The van der Waals surface area contributed by atoms with Crippen molar-refractivity contribution >= 4 is 0 Å². The molecule has 0 saturated carbocycles. The highest BCUT2D eigenvalue weighted by Gasteiger charge is 2.16. The van der Waals surface area contributed by atoms with Gasteiger partial charge in [-0.25, -0.2) is 4.39 Å². The summed E-state index contributed by atoms with van der Waals surface area (Å²) in [7, 11) is 0. The zero-order chi connectivity index (χ0) is 10.0. The molecule has 5 heteroatoms. The van der Waals surface area contributed by atoms with Gasteiger partial charge in [0.25, 0.3) is 0 Å². The topological polar surface area (TPSA) is 66.5 Å². The van der Waals surface area contributed by atoms with Crippen molar-refractivity contribution in [1.82, 2.24) is 0 Å². The summed E-state index contributed by atoms with van der Waals surface area (Å²) in [5.74, 6) is -3.34. The van der Waals surface area contributed by atoms with E-state index in [1.165, 1.54) is 0 Å². The van der Waals surface area contributed by atoms with E-state index < -0.39 is 30.0 Å². The lowest BCUT2D eigenvalue weighted by Crippen LogP contribution is -2.15. The van der Waals surface area contributed by atoms with Crippen LogP contribution in [0.4, 0.5) is 8.78 Å². The van der Waals surface area contributed by atoms with Crippen LogP contribution in [0.25, 0.3) is 0 Å². The highest BCUT2D eigenvalue weighted by atomic mass is 19.2. The van der Waals surface area contributed by atoms with Gasteiger partial charge in [0.2, 0.25) is 5.82 Å². The molecular formula is C8H9F2NO2. The molecule has 0 bridgehead atoms. The largest absolute Gasteiger partial charge is 0.505 e. The van der Waals surface area contributed by atoms with E-state index in [9.17, 15) is 8.78 Å². The third-order valence-corrected chi connectivity index (χ3v) is 1.70. The molecule has 0 saturated heterocycles. The number of benzene rings is 1. The molecule has 72 valence electrons. The molecule has 3 nitrogen and oxygen atoms in total. The highest BCUT2D eigenvalue weighted by Crippen LogP contribution is 2.27. The second-order valence-electron chi connectivity index (χ2n) is 2.59. The van der Waals surface area contributed by atoms with Crippen LogP contribution in [0.3, 0.4) is 0 Å². The van der Waals surface area contributed by atoms with Gasteiger partial charge in [0.15, 0.2) is 11.6 Å². The predicted molar refractivity (Wildman–Crippen MR) is 42.0 cm³/mol. The number of aliphatic hydroxyl groups is 1. The third-order valence-electron chi connectivity index (χ3n) is 1.70. The molecule has 0 heterocycles. The molecule has 0 amide bonds. The van der Waals surface area contributed by atoms with E-state index in [0.29, 0.717) is 0 Å². The van der Waals surface area contributed by atoms with Gasteiger partial charge in [-0.2, -0.15) is 4.39 Å². The first-order valence-corrected chi connectivity index (χ1v) is 3.61. The number of rotatable bonds is 2. The molecule has 0 aliphatic rings. The molecule has 1 aromatic carbocycles. The molecular weight excluding hydrogens is 180 g/mol. The molecule has 0 spiro atoms. The van der Waals surface area contributed by atoms with Crippen LogP contribution in [0.5, 0.6) is 5.75 Å². The van der Waals surface area contributed by atoms with E-state index in [4.69, 9.17) is 15.9 Å². The molecule has 13 heavy (non-hydrogen) atoms. The zero-order valence-electron chi connectivity index (χ0n) is 6.67. The number of phenolic OH excluding ortho intramolecular Hbond substituents is 1. The fourth-order valence-corrected chi connectivity index (χ4v) is 0.952. The minimum Gasteiger partial charge on any atom is -0.505 e. The minimum absolute atomic E-state index is 0.0126. The number of halogens is 2. The molecule has 1 atom stereocenters. The summed E-state index contributed by atoms with van der Waals surface area (Å²) in [5.41, 5.74) is 5.30. The predicted octanol–water partition coefficient (Wildman–Crippen LogP) is 0.662. The summed E-state index contributed by atoms with van der Waals surface area (Å²) in [6, 6.07) is 1.07. The van der Waals surface area contributed by atoms with Crippen molar-refractivity contribution in [1.29, 1.82) is 0 Å². The average molecular weight is 189 g/mol. The number of nitrogens with two attached hydrogens (primary N) is 1. The Morgan fingerprint density at radius 1 is 1.38 bits per heavy atom. The fourth-order valence-electron chi connectivity index (χ4n) is 0.952. The Kier molecular flexibility index (Phi) is 2.79. The minimum atomic E-state index is -1.35. The highest BCUT2D eigenvalue weighted by molar-refractivity contribution is 5.36. The quantitative estimate of drug-likeness (QED) is 0.640. The van der Waals surface area contributed by atoms with Gasteiger partial charge in [-0.15, -0.1) is 0 Å². The van der Waals surface area contributed by atoms with Crippen LogP contribution >= 0.6 is 0 Å². The van der Waals surface area contributed by atoms with Gasteiger partial charge in [-0.3, -0.25) is 0 Å². The summed E-state index contributed by atoms with van der Waals surface area (Å²) in [5, 5.41) is 17.7. The molecule has 4 N–H and O–H groups in total. The lowest BCUT2D eigenvalue weighted by atomic mass is 10.1. The molecule has 0 aliphatic carbocycles. The Morgan fingerprint density at radius 3 is 2.54 bits per heavy atom. The van der Waals surface area contributed by atoms with Crippen molar-refractivity contribution in [3.8, 4) is 5.75 Å². The van der Waals surface area contributed by atoms with Crippen molar-refractivity contribution in [2.75, 3.05) is 6.61 Å². The van der Waals surface area contributed by atoms with Crippen molar-refractivity contribution < 1.29 is 19.0 Å². The van der Waals surface area contributed by atoms with Crippen LogP contribution in [-0.2, 0) is 0 Å². The SMILES string of the molecule is N[C@H](CO)c1ccc(F)c(F)c1O. The molecule has 0 unspecified atom stereocenters. The molecule has 1 rings (SSSR count). The van der Waals surface area contributed by atoms with E-state index in [1.807, 2.05) is 0 Å². The molecule has 0 fully saturated rings. The van der Waals surface area contributed by atoms with Crippen LogP contribution in [0.2, 0.25) is 0 Å². The maximum absolute atomic E-state index is 12.7. The van der Waals surface area contributed by atoms with E-state index in [0.717, 1.165) is 12.1 Å². The smallest absolute Gasteiger partial charge is 0.200 e. The van der Waals surface area contributed by atoms with Gasteiger partial charge in [-0.05, 0) is 6.07 Å². The first-order valence-electron chi connectivity index (χ1n) is 3.61. The van der Waals surface area contributed by atoms with E-state index >= 15 is 0 Å². The molecule has 0 radical (unpaired) electrons. The van der Waals surface area contributed by atoms with Crippen molar-refractivity contribution in [2.24, 2.45) is 5.73 Å². The molecule has 0 aromatic heterocycles. The zero-order valence-corrected chi connectivity index (χ0v) is 6.67. The summed E-state index contributed by atoms with van der Waals surface area (Å²) < 4.78 is 25.2. The monoisotopic (exact) mass is 189 g/mol. The molecule has 1 aromatic rings. The Labute approximate surface area is 73.4 Å². The van der Waals surface area contributed by atoms with Gasteiger partial charge in [0.05, 0.1) is 12.6 Å². The first-order chi connectivity index (χ1) is 6.07. The Morgan fingerprint density at radius 2 is 2.00 bits per heavy atom. The van der Waals surface area contributed by atoms with Crippen LogP contribution in [-0.4, -0.2) is 16.8 Å². The average Bonchev–Trinajstić information content (AvgIpc) is 2.13. The van der Waals surface area contributed by atoms with Crippen molar-refractivity contribution in [2.45, 2.75) is 6.04 Å². The summed E-state index contributed by atoms with van der Waals surface area (Å²) in [4.78, 5) is 0. The number of hydrogen-bond acceptors (Lipinski definition) is 3. The van der Waals surface area contributed by atoms with Gasteiger partial charge in [0.1, 0.15) is 0 Å². The molecule has 0 aliphatic heterocycles. The van der Waals surface area contributed by atoms with Crippen molar-refractivity contribution in [3.63, 3.8) is 0 Å². The summed E-state index contributed by atoms with van der Waals surface area (Å²) in [6.07, 6.45) is 0. The van der Waals surface area contributed by atoms with E-state index in [2.05, 4.69) is 0 Å². The number of hydrogen-bond donors (Lipinski definition) is 3. The standard InChI is InChI=1S/C8H9F2NO2/c9-5-2-1-4(6(11)3-12)8(13)7(5)10/h1-2,6,12-13H,3,11H2/t6-/m1/s1. The second-order valence-corrected chi connectivity index (χ2v) is 2.59. The Hall–Kier alpha value is -1.20. The Bertz CT molecular complexity index is 317. The first kappa shape index (κ1) is 9.88.